The number of carboxylic acid groups (broad SMARTS) is 1. The number of guanidine groups is 1. The van der Waals surface area contributed by atoms with Crippen molar-refractivity contribution in [3.63, 3.8) is 0 Å². The van der Waals surface area contributed by atoms with Crippen molar-refractivity contribution < 1.29 is 35.8 Å². The van der Waals surface area contributed by atoms with Crippen LogP contribution in [0.5, 0.6) is 0 Å². The summed E-state index contributed by atoms with van der Waals surface area (Å²) in [7, 11) is -7.33. The molecule has 0 aliphatic carbocycles. The molecule has 0 aliphatic rings. The first-order valence-corrected chi connectivity index (χ1v) is 9.09. The molecule has 7 N–H and O–H groups in total. The van der Waals surface area contributed by atoms with Gasteiger partial charge in [0.1, 0.15) is 0 Å². The van der Waals surface area contributed by atoms with Gasteiger partial charge >= 0.3 is 5.97 Å². The third-order valence-corrected chi connectivity index (χ3v) is 1.43. The number of hydrogen-bond acceptors (Lipinski definition) is 6. The number of rotatable bonds is 2. The molecule has 1 rings (SSSR count). The Kier molecular flexibility index (Phi) is 9.75. The minimum atomic E-state index is -3.67. The molecule has 1 aromatic rings. The first kappa shape index (κ1) is 23.1. The standard InChI is InChI=1S/C8H9N3O2.2CH4O3S/c9-8(10)11-6-4-2-1-3-5(6)7(12)13;2*1-5(2,3)4/h1-4H,(H,12,13)(H4,9,10,11);2*1H3,(H,2,3,4). The molecule has 0 amide bonds. The summed E-state index contributed by atoms with van der Waals surface area (Å²) in [5, 5.41) is 18.1. The van der Waals surface area contributed by atoms with Crippen molar-refractivity contribution >= 4 is 37.9 Å². The van der Waals surface area contributed by atoms with E-state index in [9.17, 15) is 21.6 Å². The fourth-order valence-corrected chi connectivity index (χ4v) is 0.924. The van der Waals surface area contributed by atoms with Crippen LogP contribution in [0, 0.1) is 5.41 Å². The van der Waals surface area contributed by atoms with Crippen molar-refractivity contribution in [2.24, 2.45) is 5.73 Å². The number of nitrogens with two attached hydrogens (primary N) is 1. The summed E-state index contributed by atoms with van der Waals surface area (Å²) in [6.07, 6.45) is 1.43. The van der Waals surface area contributed by atoms with Crippen LogP contribution < -0.4 is 11.1 Å². The van der Waals surface area contributed by atoms with E-state index in [1.165, 1.54) is 6.07 Å². The van der Waals surface area contributed by atoms with Gasteiger partial charge in [0.2, 0.25) is 0 Å². The quantitative estimate of drug-likeness (QED) is 0.227. The Labute approximate surface area is 133 Å². The summed E-state index contributed by atoms with van der Waals surface area (Å²) < 4.78 is 51.7. The van der Waals surface area contributed by atoms with Gasteiger partial charge in [0.15, 0.2) is 5.96 Å². The smallest absolute Gasteiger partial charge is 0.337 e. The first-order valence-electron chi connectivity index (χ1n) is 5.39. The average Bonchev–Trinajstić information content (AvgIpc) is 2.23. The van der Waals surface area contributed by atoms with Crippen LogP contribution in [0.15, 0.2) is 24.3 Å². The van der Waals surface area contributed by atoms with E-state index < -0.39 is 26.2 Å². The van der Waals surface area contributed by atoms with Crippen LogP contribution in [0.1, 0.15) is 10.4 Å². The summed E-state index contributed by atoms with van der Waals surface area (Å²) in [4.78, 5) is 10.7. The zero-order valence-electron chi connectivity index (χ0n) is 12.1. The van der Waals surface area contributed by atoms with Crippen LogP contribution in [0.3, 0.4) is 0 Å². The molecule has 0 saturated carbocycles. The molecule has 0 aromatic heterocycles. The van der Waals surface area contributed by atoms with Crippen molar-refractivity contribution in [2.75, 3.05) is 17.8 Å². The maximum Gasteiger partial charge on any atom is 0.337 e. The Balaban J connectivity index is 0. The van der Waals surface area contributed by atoms with Gasteiger partial charge < -0.3 is 16.2 Å². The third kappa shape index (κ3) is 22.2. The van der Waals surface area contributed by atoms with Gasteiger partial charge in [-0.2, -0.15) is 16.8 Å². The Morgan fingerprint density at radius 2 is 1.43 bits per heavy atom. The molecule has 0 spiro atoms. The SMILES string of the molecule is CS(=O)(=O)O.CS(=O)(=O)O.N=C(N)Nc1ccccc1C(=O)O. The van der Waals surface area contributed by atoms with Gasteiger partial charge in [0.05, 0.1) is 23.8 Å². The predicted molar refractivity (Wildman–Crippen MR) is 83.9 cm³/mol. The van der Waals surface area contributed by atoms with Gasteiger partial charge in [0, 0.05) is 0 Å². The number of benzene rings is 1. The monoisotopic (exact) mass is 371 g/mol. The van der Waals surface area contributed by atoms with Gasteiger partial charge in [-0.15, -0.1) is 0 Å². The molecular formula is C10H17N3O8S2. The van der Waals surface area contributed by atoms with E-state index in [2.05, 4.69) is 5.32 Å². The summed E-state index contributed by atoms with van der Waals surface area (Å²) in [6.45, 7) is 0. The number of carbonyl (C=O) groups is 1. The van der Waals surface area contributed by atoms with Crippen molar-refractivity contribution in [1.82, 2.24) is 0 Å². The highest BCUT2D eigenvalue weighted by molar-refractivity contribution is 7.85. The molecule has 0 radical (unpaired) electrons. The van der Waals surface area contributed by atoms with Gasteiger partial charge in [-0.3, -0.25) is 14.5 Å². The second-order valence-electron chi connectivity index (χ2n) is 3.86. The fraction of sp³-hybridized carbons (Fsp3) is 0.200. The molecule has 0 heterocycles. The molecule has 13 heteroatoms. The van der Waals surface area contributed by atoms with E-state index >= 15 is 0 Å². The molecule has 0 fully saturated rings. The lowest BCUT2D eigenvalue weighted by Gasteiger charge is -2.06. The Morgan fingerprint density at radius 3 is 1.74 bits per heavy atom. The molecule has 1 aromatic carbocycles. The van der Waals surface area contributed by atoms with E-state index in [-0.39, 0.29) is 11.5 Å². The second-order valence-corrected chi connectivity index (χ2v) is 6.79. The molecule has 0 atom stereocenters. The Bertz CT molecular complexity index is 697. The highest BCUT2D eigenvalue weighted by Gasteiger charge is 2.08. The molecule has 132 valence electrons. The minimum Gasteiger partial charge on any atom is -0.478 e. The second kappa shape index (κ2) is 9.73. The van der Waals surface area contributed by atoms with E-state index in [4.69, 9.17) is 25.4 Å². The molecule has 0 unspecified atom stereocenters. The van der Waals surface area contributed by atoms with E-state index in [1.807, 2.05) is 0 Å². The zero-order chi connectivity index (χ0) is 18.8. The van der Waals surface area contributed by atoms with Gasteiger partial charge in [0.25, 0.3) is 20.2 Å². The normalized spacial score (nSPS) is 10.3. The summed E-state index contributed by atoms with van der Waals surface area (Å²) in [5.74, 6) is -1.34. The summed E-state index contributed by atoms with van der Waals surface area (Å²) in [5.41, 5.74) is 5.49. The number of anilines is 1. The van der Waals surface area contributed by atoms with Crippen molar-refractivity contribution in [2.45, 2.75) is 0 Å². The van der Waals surface area contributed by atoms with Crippen molar-refractivity contribution in [1.29, 1.82) is 5.41 Å². The fourth-order valence-electron chi connectivity index (χ4n) is 0.924. The van der Waals surface area contributed by atoms with E-state index in [1.54, 1.807) is 18.2 Å². The number of nitrogens with one attached hydrogen (secondary N) is 2. The van der Waals surface area contributed by atoms with Crippen LogP contribution in [-0.2, 0) is 20.2 Å². The first-order chi connectivity index (χ1) is 10.1. The van der Waals surface area contributed by atoms with E-state index in [0.717, 1.165) is 0 Å². The Morgan fingerprint density at radius 1 is 1.09 bits per heavy atom. The largest absolute Gasteiger partial charge is 0.478 e. The van der Waals surface area contributed by atoms with Crippen molar-refractivity contribution in [3.8, 4) is 0 Å². The van der Waals surface area contributed by atoms with E-state index in [0.29, 0.717) is 18.2 Å². The molecule has 0 bridgehead atoms. The van der Waals surface area contributed by atoms with Gasteiger partial charge in [-0.1, -0.05) is 12.1 Å². The lowest BCUT2D eigenvalue weighted by Crippen LogP contribution is -2.21. The van der Waals surface area contributed by atoms with Gasteiger partial charge in [-0.05, 0) is 12.1 Å². The summed E-state index contributed by atoms with van der Waals surface area (Å²) in [6, 6.07) is 6.25. The van der Waals surface area contributed by atoms with Gasteiger partial charge in [-0.25, -0.2) is 4.79 Å². The highest BCUT2D eigenvalue weighted by Crippen LogP contribution is 2.13. The van der Waals surface area contributed by atoms with Crippen LogP contribution in [-0.4, -0.2) is 55.5 Å². The number of aromatic carboxylic acids is 1. The highest BCUT2D eigenvalue weighted by atomic mass is 32.2. The molecule has 0 aliphatic heterocycles. The number of para-hydroxylation sites is 1. The molecular weight excluding hydrogens is 354 g/mol. The minimum absolute atomic E-state index is 0.0951. The summed E-state index contributed by atoms with van der Waals surface area (Å²) >= 11 is 0. The van der Waals surface area contributed by atoms with Crippen LogP contribution >= 0.6 is 0 Å². The third-order valence-electron chi connectivity index (χ3n) is 1.43. The van der Waals surface area contributed by atoms with Crippen LogP contribution in [0.4, 0.5) is 5.69 Å². The van der Waals surface area contributed by atoms with Crippen LogP contribution in [0.25, 0.3) is 0 Å². The Hall–Kier alpha value is -2.22. The number of hydrogen-bond donors (Lipinski definition) is 6. The van der Waals surface area contributed by atoms with Crippen molar-refractivity contribution in [3.05, 3.63) is 29.8 Å². The number of carboxylic acids is 1. The molecule has 23 heavy (non-hydrogen) atoms. The maximum atomic E-state index is 10.7. The van der Waals surface area contributed by atoms with Crippen LogP contribution in [0.2, 0.25) is 0 Å². The zero-order valence-corrected chi connectivity index (χ0v) is 13.7. The average molecular weight is 371 g/mol. The molecule has 11 nitrogen and oxygen atoms in total. The topological polar surface area (TPSA) is 208 Å². The lowest BCUT2D eigenvalue weighted by molar-refractivity contribution is 0.0698. The predicted octanol–water partition coefficient (Wildman–Crippen LogP) is -0.302. The lowest BCUT2D eigenvalue weighted by atomic mass is 10.2. The molecule has 0 saturated heterocycles. The maximum absolute atomic E-state index is 10.7.